The topological polar surface area (TPSA) is 63.6 Å². The zero-order valence-electron chi connectivity index (χ0n) is 18.1. The van der Waals surface area contributed by atoms with E-state index in [0.717, 1.165) is 41.4 Å². The van der Waals surface area contributed by atoms with Crippen LogP contribution < -0.4 is 9.47 Å². The highest BCUT2D eigenvalue weighted by molar-refractivity contribution is 6.03. The lowest BCUT2D eigenvalue weighted by Gasteiger charge is -2.29. The molecule has 0 saturated carbocycles. The normalized spacial score (nSPS) is 19.2. The molecule has 0 unspecified atom stereocenters. The van der Waals surface area contributed by atoms with Gasteiger partial charge in [0.15, 0.2) is 0 Å². The van der Waals surface area contributed by atoms with Gasteiger partial charge in [-0.25, -0.2) is 5.01 Å². The van der Waals surface area contributed by atoms with Gasteiger partial charge >= 0.3 is 0 Å². The van der Waals surface area contributed by atoms with Gasteiger partial charge in [-0.1, -0.05) is 24.3 Å². The van der Waals surface area contributed by atoms with Crippen LogP contribution in [0.4, 0.5) is 0 Å². The number of rotatable bonds is 7. The molecule has 0 radical (unpaired) electrons. The molecule has 1 amide bonds. The van der Waals surface area contributed by atoms with Crippen molar-refractivity contribution in [2.45, 2.75) is 19.4 Å². The molecule has 0 aromatic heterocycles. The Morgan fingerprint density at radius 3 is 2.61 bits per heavy atom. The molecule has 2 aliphatic rings. The molecule has 0 bridgehead atoms. The van der Waals surface area contributed by atoms with Crippen LogP contribution in [0.3, 0.4) is 0 Å². The van der Waals surface area contributed by atoms with Crippen LogP contribution in [0.5, 0.6) is 11.5 Å². The largest absolute Gasteiger partial charge is 0.497 e. The first-order valence-corrected chi connectivity index (χ1v) is 10.7. The first kappa shape index (κ1) is 21.3. The molecule has 2 aliphatic heterocycles. The SMILES string of the molecule is CCOc1ccc([C@H]2CC(c3cccc(OC)c3)=NN2C(=O)CN2CCOCC2)cc1. The molecule has 1 saturated heterocycles. The third kappa shape index (κ3) is 5.06. The fourth-order valence-corrected chi connectivity index (χ4v) is 3.95. The lowest BCUT2D eigenvalue weighted by molar-refractivity contribution is -0.135. The number of morpholine rings is 1. The van der Waals surface area contributed by atoms with Crippen LogP contribution in [0.25, 0.3) is 0 Å². The van der Waals surface area contributed by atoms with Gasteiger partial charge in [0.05, 0.1) is 45.2 Å². The molecular weight excluding hydrogens is 394 g/mol. The molecule has 1 atom stereocenters. The average Bonchev–Trinajstić information content (AvgIpc) is 3.26. The van der Waals surface area contributed by atoms with Gasteiger partial charge in [0.25, 0.3) is 5.91 Å². The van der Waals surface area contributed by atoms with E-state index >= 15 is 0 Å². The number of hydrazone groups is 1. The van der Waals surface area contributed by atoms with Gasteiger partial charge in [-0.3, -0.25) is 9.69 Å². The number of nitrogens with zero attached hydrogens (tertiary/aromatic N) is 3. The van der Waals surface area contributed by atoms with E-state index in [1.807, 2.05) is 55.5 Å². The number of amides is 1. The van der Waals surface area contributed by atoms with Gasteiger partial charge in [-0.2, -0.15) is 5.10 Å². The van der Waals surface area contributed by atoms with Crippen molar-refractivity contribution in [3.63, 3.8) is 0 Å². The van der Waals surface area contributed by atoms with Gasteiger partial charge in [-0.05, 0) is 36.8 Å². The van der Waals surface area contributed by atoms with E-state index in [1.165, 1.54) is 0 Å². The Bertz CT molecular complexity index is 923. The first-order valence-electron chi connectivity index (χ1n) is 10.7. The van der Waals surface area contributed by atoms with Gasteiger partial charge in [0.1, 0.15) is 11.5 Å². The molecule has 2 aromatic carbocycles. The third-order valence-corrected chi connectivity index (χ3v) is 5.61. The Kier molecular flexibility index (Phi) is 6.84. The minimum absolute atomic E-state index is 0.00122. The fraction of sp³-hybridized carbons (Fsp3) is 0.417. The second-order valence-electron chi connectivity index (χ2n) is 7.63. The summed E-state index contributed by atoms with van der Waals surface area (Å²) in [5, 5.41) is 6.42. The number of methoxy groups -OCH3 is 1. The van der Waals surface area contributed by atoms with Crippen molar-refractivity contribution in [3.8, 4) is 11.5 Å². The van der Waals surface area contributed by atoms with Crippen molar-refractivity contribution >= 4 is 11.6 Å². The summed E-state index contributed by atoms with van der Waals surface area (Å²) in [6, 6.07) is 15.6. The Balaban J connectivity index is 1.59. The van der Waals surface area contributed by atoms with Gasteiger partial charge in [0, 0.05) is 25.1 Å². The molecule has 4 rings (SSSR count). The second-order valence-corrected chi connectivity index (χ2v) is 7.63. The molecule has 7 heteroatoms. The van der Waals surface area contributed by atoms with E-state index in [0.29, 0.717) is 32.8 Å². The number of carbonyl (C=O) groups excluding carboxylic acids is 1. The van der Waals surface area contributed by atoms with E-state index in [4.69, 9.17) is 19.3 Å². The van der Waals surface area contributed by atoms with Crippen molar-refractivity contribution in [3.05, 3.63) is 59.7 Å². The average molecular weight is 424 g/mol. The van der Waals surface area contributed by atoms with Crippen LogP contribution in [0.2, 0.25) is 0 Å². The number of hydrogen-bond donors (Lipinski definition) is 0. The lowest BCUT2D eigenvalue weighted by atomic mass is 9.98. The zero-order valence-corrected chi connectivity index (χ0v) is 18.1. The maximum atomic E-state index is 13.3. The van der Waals surface area contributed by atoms with Gasteiger partial charge < -0.3 is 14.2 Å². The zero-order chi connectivity index (χ0) is 21.6. The molecule has 0 N–H and O–H groups in total. The summed E-state index contributed by atoms with van der Waals surface area (Å²) in [6.45, 7) is 5.77. The van der Waals surface area contributed by atoms with Crippen LogP contribution >= 0.6 is 0 Å². The Morgan fingerprint density at radius 1 is 1.13 bits per heavy atom. The summed E-state index contributed by atoms with van der Waals surface area (Å²) in [7, 11) is 1.65. The van der Waals surface area contributed by atoms with Crippen LogP contribution in [0, 0.1) is 0 Å². The van der Waals surface area contributed by atoms with Crippen molar-refractivity contribution in [1.29, 1.82) is 0 Å². The van der Waals surface area contributed by atoms with Gasteiger partial charge in [-0.15, -0.1) is 0 Å². The third-order valence-electron chi connectivity index (χ3n) is 5.61. The number of carbonyl (C=O) groups is 1. The molecule has 0 spiro atoms. The molecule has 31 heavy (non-hydrogen) atoms. The minimum atomic E-state index is -0.148. The second kappa shape index (κ2) is 9.94. The maximum absolute atomic E-state index is 13.3. The van der Waals surface area contributed by atoms with Crippen molar-refractivity contribution in [2.75, 3.05) is 46.6 Å². The van der Waals surface area contributed by atoms with Crippen LogP contribution in [-0.4, -0.2) is 68.1 Å². The fourth-order valence-electron chi connectivity index (χ4n) is 3.95. The van der Waals surface area contributed by atoms with Gasteiger partial charge in [0.2, 0.25) is 0 Å². The van der Waals surface area contributed by atoms with E-state index < -0.39 is 0 Å². The summed E-state index contributed by atoms with van der Waals surface area (Å²) in [4.78, 5) is 15.4. The highest BCUT2D eigenvalue weighted by Crippen LogP contribution is 2.34. The summed E-state index contributed by atoms with van der Waals surface area (Å²) < 4.78 is 16.3. The standard InChI is InChI=1S/C24H29N3O4/c1-3-31-20-9-7-18(8-10-20)23-16-22(19-5-4-6-21(15-19)29-2)25-27(23)24(28)17-26-11-13-30-14-12-26/h4-10,15,23H,3,11-14,16-17H2,1-2H3/t23-/m1/s1. The Labute approximate surface area is 183 Å². The quantitative estimate of drug-likeness (QED) is 0.685. The molecule has 2 heterocycles. The number of benzene rings is 2. The summed E-state index contributed by atoms with van der Waals surface area (Å²) in [6.07, 6.45) is 0.649. The van der Waals surface area contributed by atoms with Crippen molar-refractivity contribution in [2.24, 2.45) is 5.10 Å². The van der Waals surface area contributed by atoms with E-state index in [9.17, 15) is 4.79 Å². The van der Waals surface area contributed by atoms with E-state index in [-0.39, 0.29) is 11.9 Å². The molecule has 7 nitrogen and oxygen atoms in total. The number of hydrogen-bond acceptors (Lipinski definition) is 6. The predicted octanol–water partition coefficient (Wildman–Crippen LogP) is 3.10. The smallest absolute Gasteiger partial charge is 0.257 e. The summed E-state index contributed by atoms with van der Waals surface area (Å²) in [5.74, 6) is 1.60. The molecule has 164 valence electrons. The monoisotopic (exact) mass is 423 g/mol. The van der Waals surface area contributed by atoms with E-state index in [1.54, 1.807) is 12.1 Å². The van der Waals surface area contributed by atoms with Crippen molar-refractivity contribution in [1.82, 2.24) is 9.91 Å². The minimum Gasteiger partial charge on any atom is -0.497 e. The summed E-state index contributed by atoms with van der Waals surface area (Å²) >= 11 is 0. The van der Waals surface area contributed by atoms with E-state index in [2.05, 4.69) is 4.90 Å². The molecular formula is C24H29N3O4. The Hall–Kier alpha value is -2.90. The first-order chi connectivity index (χ1) is 15.2. The predicted molar refractivity (Wildman–Crippen MR) is 119 cm³/mol. The lowest BCUT2D eigenvalue weighted by Crippen LogP contribution is -2.43. The van der Waals surface area contributed by atoms with Crippen LogP contribution in [0.15, 0.2) is 53.6 Å². The Morgan fingerprint density at radius 2 is 1.90 bits per heavy atom. The van der Waals surface area contributed by atoms with Crippen molar-refractivity contribution < 1.29 is 19.0 Å². The highest BCUT2D eigenvalue weighted by atomic mass is 16.5. The maximum Gasteiger partial charge on any atom is 0.257 e. The summed E-state index contributed by atoms with van der Waals surface area (Å²) in [5.41, 5.74) is 2.89. The van der Waals surface area contributed by atoms with Crippen LogP contribution in [0.1, 0.15) is 30.5 Å². The molecule has 0 aliphatic carbocycles. The molecule has 2 aromatic rings. The number of ether oxygens (including phenoxy) is 3. The molecule has 1 fully saturated rings. The highest BCUT2D eigenvalue weighted by Gasteiger charge is 2.34. The van der Waals surface area contributed by atoms with Crippen LogP contribution in [-0.2, 0) is 9.53 Å².